The summed E-state index contributed by atoms with van der Waals surface area (Å²) in [5.41, 5.74) is 17.0. The monoisotopic (exact) mass is 360 g/mol. The molecule has 0 aliphatic carbocycles. The Morgan fingerprint density at radius 1 is 0.500 bits per heavy atom. The molecule has 2 heteroatoms. The molecule has 4 N–H and O–H groups in total. The summed E-state index contributed by atoms with van der Waals surface area (Å²) >= 11 is 0. The number of hydrogen-bond acceptors (Lipinski definition) is 2. The predicted octanol–water partition coefficient (Wildman–Crippen LogP) is 7.44. The van der Waals surface area contributed by atoms with Crippen LogP contribution in [0.2, 0.25) is 0 Å². The van der Waals surface area contributed by atoms with E-state index in [-0.39, 0.29) is 0 Å². The average molecular weight is 361 g/mol. The van der Waals surface area contributed by atoms with Crippen molar-refractivity contribution in [3.63, 3.8) is 0 Å². The van der Waals surface area contributed by atoms with Crippen LogP contribution >= 0.6 is 0 Å². The van der Waals surface area contributed by atoms with Crippen LogP contribution in [0.15, 0.2) is 12.1 Å². The topological polar surface area (TPSA) is 52.0 Å². The number of aryl methyl sites for hydroxylation is 2. The normalized spacial score (nSPS) is 11.2. The molecule has 0 unspecified atom stereocenters. The maximum atomic E-state index is 6.30. The highest BCUT2D eigenvalue weighted by atomic mass is 14.6. The van der Waals surface area contributed by atoms with Crippen molar-refractivity contribution in [2.75, 3.05) is 11.5 Å². The van der Waals surface area contributed by atoms with Gasteiger partial charge in [-0.25, -0.2) is 0 Å². The number of unbranched alkanes of at least 4 members (excludes halogenated alkanes) is 12. The predicted molar refractivity (Wildman–Crippen MR) is 119 cm³/mol. The smallest absolute Gasteiger partial charge is 0.0350 e. The molecule has 0 fully saturated rings. The largest absolute Gasteiger partial charge is 0.398 e. The minimum absolute atomic E-state index is 0.947. The van der Waals surface area contributed by atoms with Gasteiger partial charge in [0.2, 0.25) is 0 Å². The molecule has 2 nitrogen and oxygen atoms in total. The summed E-state index contributed by atoms with van der Waals surface area (Å²) in [5, 5.41) is 0. The van der Waals surface area contributed by atoms with Crippen molar-refractivity contribution in [3.8, 4) is 0 Å². The van der Waals surface area contributed by atoms with Gasteiger partial charge in [-0.1, -0.05) is 90.9 Å². The molecule has 0 bridgehead atoms. The van der Waals surface area contributed by atoms with E-state index in [1.165, 1.54) is 101 Å². The highest BCUT2D eigenvalue weighted by Gasteiger charge is 2.06. The Labute approximate surface area is 163 Å². The van der Waals surface area contributed by atoms with Crippen LogP contribution in [0.4, 0.5) is 11.4 Å². The van der Waals surface area contributed by atoms with Crippen LogP contribution in [-0.2, 0) is 12.8 Å². The van der Waals surface area contributed by atoms with Crippen LogP contribution in [0.5, 0.6) is 0 Å². The molecule has 26 heavy (non-hydrogen) atoms. The molecule has 0 aliphatic heterocycles. The van der Waals surface area contributed by atoms with Crippen molar-refractivity contribution in [3.05, 3.63) is 23.3 Å². The zero-order valence-corrected chi connectivity index (χ0v) is 17.6. The molecule has 0 aliphatic rings. The molecule has 0 heterocycles. The molecule has 1 rings (SSSR count). The maximum absolute atomic E-state index is 6.30. The van der Waals surface area contributed by atoms with Crippen LogP contribution < -0.4 is 11.5 Å². The first-order valence-corrected chi connectivity index (χ1v) is 11.4. The van der Waals surface area contributed by atoms with Gasteiger partial charge in [0.15, 0.2) is 0 Å². The molecule has 0 spiro atoms. The highest BCUT2D eigenvalue weighted by molar-refractivity contribution is 5.60. The summed E-state index contributed by atoms with van der Waals surface area (Å²) in [6.45, 7) is 4.54. The summed E-state index contributed by atoms with van der Waals surface area (Å²) in [7, 11) is 0. The van der Waals surface area contributed by atoms with Crippen LogP contribution in [0, 0.1) is 0 Å². The van der Waals surface area contributed by atoms with Crippen molar-refractivity contribution in [1.29, 1.82) is 0 Å². The van der Waals surface area contributed by atoms with Crippen molar-refractivity contribution in [1.82, 2.24) is 0 Å². The average Bonchev–Trinajstić information content (AvgIpc) is 2.63. The number of nitrogen functional groups attached to an aromatic ring is 2. The minimum atomic E-state index is 0.947. The van der Waals surface area contributed by atoms with Gasteiger partial charge in [-0.05, 0) is 48.9 Å². The Kier molecular flexibility index (Phi) is 13.1. The van der Waals surface area contributed by atoms with Crippen LogP contribution in [0.1, 0.15) is 115 Å². The van der Waals surface area contributed by atoms with Crippen molar-refractivity contribution in [2.24, 2.45) is 0 Å². The van der Waals surface area contributed by atoms with Crippen LogP contribution in [0.3, 0.4) is 0 Å². The molecule has 150 valence electrons. The van der Waals surface area contributed by atoms with Gasteiger partial charge >= 0.3 is 0 Å². The minimum Gasteiger partial charge on any atom is -0.398 e. The van der Waals surface area contributed by atoms with E-state index in [1.807, 2.05) is 0 Å². The standard InChI is InChI=1S/C24H44N2/c1-3-5-7-9-11-13-15-17-21-19-24(26)22(20-23(21)25)18-16-14-12-10-8-6-4-2/h19-20H,3-18,25-26H2,1-2H3. The fourth-order valence-electron chi connectivity index (χ4n) is 3.71. The Morgan fingerprint density at radius 2 is 0.808 bits per heavy atom. The maximum Gasteiger partial charge on any atom is 0.0350 e. The van der Waals surface area contributed by atoms with E-state index in [9.17, 15) is 0 Å². The van der Waals surface area contributed by atoms with Crippen LogP contribution in [-0.4, -0.2) is 0 Å². The zero-order chi connectivity index (χ0) is 19.0. The molecule has 1 aromatic rings. The quantitative estimate of drug-likeness (QED) is 0.238. The number of hydrogen-bond donors (Lipinski definition) is 2. The van der Waals surface area contributed by atoms with Gasteiger partial charge in [-0.3, -0.25) is 0 Å². The molecule has 0 aromatic heterocycles. The van der Waals surface area contributed by atoms with Crippen molar-refractivity contribution in [2.45, 2.75) is 117 Å². The Morgan fingerprint density at radius 3 is 1.15 bits per heavy atom. The fraction of sp³-hybridized carbons (Fsp3) is 0.750. The van der Waals surface area contributed by atoms with Gasteiger partial charge in [0.05, 0.1) is 0 Å². The molecule has 0 saturated carbocycles. The lowest BCUT2D eigenvalue weighted by Crippen LogP contribution is -2.02. The van der Waals surface area contributed by atoms with Crippen LogP contribution in [0.25, 0.3) is 0 Å². The molecule has 1 aromatic carbocycles. The molecular formula is C24H44N2. The third-order valence-electron chi connectivity index (χ3n) is 5.50. The van der Waals surface area contributed by atoms with Crippen molar-refractivity contribution < 1.29 is 0 Å². The molecule has 0 radical (unpaired) electrons. The summed E-state index contributed by atoms with van der Waals surface area (Å²) in [5.74, 6) is 0. The lowest BCUT2D eigenvalue weighted by Gasteiger charge is -2.12. The Hall–Kier alpha value is -1.18. The van der Waals surface area contributed by atoms with E-state index < -0.39 is 0 Å². The van der Waals surface area contributed by atoms with E-state index in [4.69, 9.17) is 11.5 Å². The van der Waals surface area contributed by atoms with E-state index in [0.717, 1.165) is 24.2 Å². The number of nitrogens with two attached hydrogens (primary N) is 2. The third-order valence-corrected chi connectivity index (χ3v) is 5.50. The second kappa shape index (κ2) is 14.9. The SMILES string of the molecule is CCCCCCCCCc1cc(N)c(CCCCCCCCC)cc1N. The molecular weight excluding hydrogens is 316 g/mol. The van der Waals surface area contributed by atoms with Crippen molar-refractivity contribution >= 4 is 11.4 Å². The summed E-state index contributed by atoms with van der Waals surface area (Å²) in [4.78, 5) is 0. The summed E-state index contributed by atoms with van der Waals surface area (Å²) in [6, 6.07) is 4.28. The third kappa shape index (κ3) is 10.1. The molecule has 0 amide bonds. The Bertz CT molecular complexity index is 424. The highest BCUT2D eigenvalue weighted by Crippen LogP contribution is 2.25. The van der Waals surface area contributed by atoms with Gasteiger partial charge in [0.25, 0.3) is 0 Å². The number of anilines is 2. The van der Waals surface area contributed by atoms with Gasteiger partial charge in [0.1, 0.15) is 0 Å². The van der Waals surface area contributed by atoms with Gasteiger partial charge in [-0.15, -0.1) is 0 Å². The van der Waals surface area contributed by atoms with E-state index in [0.29, 0.717) is 0 Å². The van der Waals surface area contributed by atoms with E-state index in [2.05, 4.69) is 26.0 Å². The summed E-state index contributed by atoms with van der Waals surface area (Å²) in [6.07, 6.45) is 20.9. The zero-order valence-electron chi connectivity index (χ0n) is 17.6. The first kappa shape index (κ1) is 22.9. The fourth-order valence-corrected chi connectivity index (χ4v) is 3.71. The number of benzene rings is 1. The lowest BCUT2D eigenvalue weighted by atomic mass is 9.97. The second-order valence-corrected chi connectivity index (χ2v) is 7.99. The second-order valence-electron chi connectivity index (χ2n) is 7.99. The Balaban J connectivity index is 2.26. The lowest BCUT2D eigenvalue weighted by molar-refractivity contribution is 0.588. The summed E-state index contributed by atoms with van der Waals surface area (Å²) < 4.78 is 0. The van der Waals surface area contributed by atoms with Gasteiger partial charge in [0, 0.05) is 11.4 Å². The van der Waals surface area contributed by atoms with Gasteiger partial charge < -0.3 is 11.5 Å². The first-order valence-electron chi connectivity index (χ1n) is 11.4. The van der Waals surface area contributed by atoms with E-state index >= 15 is 0 Å². The molecule has 0 atom stereocenters. The number of rotatable bonds is 16. The molecule has 0 saturated heterocycles. The first-order chi connectivity index (χ1) is 12.7. The van der Waals surface area contributed by atoms with Gasteiger partial charge in [-0.2, -0.15) is 0 Å². The van der Waals surface area contributed by atoms with E-state index in [1.54, 1.807) is 0 Å².